The summed E-state index contributed by atoms with van der Waals surface area (Å²) >= 11 is 0. The van der Waals surface area contributed by atoms with Crippen molar-refractivity contribution in [2.24, 2.45) is 11.8 Å². The van der Waals surface area contributed by atoms with Gasteiger partial charge in [-0.25, -0.2) is 0 Å². The van der Waals surface area contributed by atoms with Gasteiger partial charge in [0.05, 0.1) is 0 Å². The van der Waals surface area contributed by atoms with Gasteiger partial charge in [-0.15, -0.1) is 0 Å². The van der Waals surface area contributed by atoms with Crippen molar-refractivity contribution in [1.82, 2.24) is 10.2 Å². The zero-order chi connectivity index (χ0) is 13.0. The van der Waals surface area contributed by atoms with Crippen LogP contribution in [0.5, 0.6) is 0 Å². The molecule has 1 aliphatic carbocycles. The first-order valence-corrected chi connectivity index (χ1v) is 8.18. The fourth-order valence-corrected chi connectivity index (χ4v) is 3.68. The van der Waals surface area contributed by atoms with Gasteiger partial charge in [0.2, 0.25) is 0 Å². The van der Waals surface area contributed by atoms with Gasteiger partial charge in [-0.2, -0.15) is 0 Å². The standard InChI is InChI=1S/C16H32N2/c1-4-10-17-15-5-7-16(8-6-15)18-11-9-14(12-18)13(2)3/h13-17H,4-12H2,1-3H3. The molecule has 2 heteroatoms. The van der Waals surface area contributed by atoms with E-state index in [0.29, 0.717) is 0 Å². The summed E-state index contributed by atoms with van der Waals surface area (Å²) in [5, 5.41) is 3.69. The lowest BCUT2D eigenvalue weighted by molar-refractivity contribution is 0.164. The summed E-state index contributed by atoms with van der Waals surface area (Å²) in [6.07, 6.45) is 8.34. The largest absolute Gasteiger partial charge is 0.314 e. The van der Waals surface area contributed by atoms with Crippen molar-refractivity contribution < 1.29 is 0 Å². The number of hydrogen-bond acceptors (Lipinski definition) is 2. The molecule has 0 bridgehead atoms. The van der Waals surface area contributed by atoms with Gasteiger partial charge in [0.25, 0.3) is 0 Å². The van der Waals surface area contributed by atoms with Crippen LogP contribution in [0.2, 0.25) is 0 Å². The molecule has 1 unspecified atom stereocenters. The Morgan fingerprint density at radius 3 is 2.39 bits per heavy atom. The average molecular weight is 252 g/mol. The van der Waals surface area contributed by atoms with Crippen molar-refractivity contribution in [3.63, 3.8) is 0 Å². The lowest BCUT2D eigenvalue weighted by atomic mass is 9.90. The van der Waals surface area contributed by atoms with Crippen molar-refractivity contribution in [2.75, 3.05) is 19.6 Å². The van der Waals surface area contributed by atoms with Gasteiger partial charge < -0.3 is 10.2 Å². The molecule has 0 spiro atoms. The Morgan fingerprint density at radius 1 is 1.11 bits per heavy atom. The van der Waals surface area contributed by atoms with E-state index < -0.39 is 0 Å². The molecule has 1 N–H and O–H groups in total. The molecule has 0 aromatic heterocycles. The number of nitrogens with one attached hydrogen (secondary N) is 1. The van der Waals surface area contributed by atoms with Crippen molar-refractivity contribution >= 4 is 0 Å². The summed E-state index contributed by atoms with van der Waals surface area (Å²) in [5.74, 6) is 1.83. The zero-order valence-corrected chi connectivity index (χ0v) is 12.6. The minimum Gasteiger partial charge on any atom is -0.314 e. The van der Waals surface area contributed by atoms with Crippen molar-refractivity contribution in [1.29, 1.82) is 0 Å². The summed E-state index contributed by atoms with van der Waals surface area (Å²) in [6, 6.07) is 1.71. The summed E-state index contributed by atoms with van der Waals surface area (Å²) in [5.41, 5.74) is 0. The summed E-state index contributed by atoms with van der Waals surface area (Å²) in [7, 11) is 0. The maximum absolute atomic E-state index is 3.69. The first kappa shape index (κ1) is 14.3. The Bertz CT molecular complexity index is 231. The van der Waals surface area contributed by atoms with Gasteiger partial charge in [-0.3, -0.25) is 0 Å². The van der Waals surface area contributed by atoms with Crippen LogP contribution in [0.4, 0.5) is 0 Å². The average Bonchev–Trinajstić information content (AvgIpc) is 2.87. The highest BCUT2D eigenvalue weighted by molar-refractivity contribution is 4.87. The van der Waals surface area contributed by atoms with E-state index in [9.17, 15) is 0 Å². The predicted octanol–water partition coefficient (Wildman–Crippen LogP) is 3.28. The number of likely N-dealkylation sites (tertiary alicyclic amines) is 1. The lowest BCUT2D eigenvalue weighted by Gasteiger charge is -2.35. The van der Waals surface area contributed by atoms with E-state index >= 15 is 0 Å². The zero-order valence-electron chi connectivity index (χ0n) is 12.6. The molecule has 1 aliphatic heterocycles. The Hall–Kier alpha value is -0.0800. The monoisotopic (exact) mass is 252 g/mol. The number of rotatable bonds is 5. The quantitative estimate of drug-likeness (QED) is 0.808. The highest BCUT2D eigenvalue weighted by Gasteiger charge is 2.31. The predicted molar refractivity (Wildman–Crippen MR) is 78.9 cm³/mol. The van der Waals surface area contributed by atoms with Gasteiger partial charge in [-0.05, 0) is 63.5 Å². The van der Waals surface area contributed by atoms with Crippen LogP contribution in [-0.4, -0.2) is 36.6 Å². The molecule has 1 saturated carbocycles. The normalized spacial score (nSPS) is 34.3. The molecular weight excluding hydrogens is 220 g/mol. The van der Waals surface area contributed by atoms with E-state index in [1.807, 2.05) is 0 Å². The summed E-state index contributed by atoms with van der Waals surface area (Å²) < 4.78 is 0. The molecule has 18 heavy (non-hydrogen) atoms. The third-order valence-corrected chi connectivity index (χ3v) is 5.10. The van der Waals surface area contributed by atoms with E-state index in [2.05, 4.69) is 31.0 Å². The van der Waals surface area contributed by atoms with Crippen LogP contribution in [0, 0.1) is 11.8 Å². The molecule has 1 heterocycles. The van der Waals surface area contributed by atoms with E-state index in [1.54, 1.807) is 0 Å². The minimum atomic E-state index is 0.810. The van der Waals surface area contributed by atoms with E-state index in [-0.39, 0.29) is 0 Å². The third-order valence-electron chi connectivity index (χ3n) is 5.10. The molecule has 1 saturated heterocycles. The van der Waals surface area contributed by atoms with Crippen molar-refractivity contribution in [3.8, 4) is 0 Å². The van der Waals surface area contributed by atoms with Gasteiger partial charge in [0, 0.05) is 18.6 Å². The van der Waals surface area contributed by atoms with Crippen LogP contribution in [-0.2, 0) is 0 Å². The minimum absolute atomic E-state index is 0.810. The second-order valence-corrected chi connectivity index (χ2v) is 6.75. The lowest BCUT2D eigenvalue weighted by Crippen LogP contribution is -2.41. The van der Waals surface area contributed by atoms with E-state index in [1.165, 1.54) is 58.2 Å². The maximum Gasteiger partial charge on any atom is 0.00965 e. The third kappa shape index (κ3) is 3.71. The summed E-state index contributed by atoms with van der Waals surface area (Å²) in [4.78, 5) is 2.79. The fourth-order valence-electron chi connectivity index (χ4n) is 3.68. The first-order valence-electron chi connectivity index (χ1n) is 8.18. The Morgan fingerprint density at radius 2 is 1.83 bits per heavy atom. The molecule has 0 amide bonds. The molecule has 2 nitrogen and oxygen atoms in total. The van der Waals surface area contributed by atoms with Gasteiger partial charge in [0.1, 0.15) is 0 Å². The van der Waals surface area contributed by atoms with Crippen molar-refractivity contribution in [3.05, 3.63) is 0 Å². The van der Waals surface area contributed by atoms with Crippen LogP contribution in [0.3, 0.4) is 0 Å². The SMILES string of the molecule is CCCNC1CCC(N2CCC(C(C)C)C2)CC1. The Labute approximate surface area is 114 Å². The second-order valence-electron chi connectivity index (χ2n) is 6.75. The number of hydrogen-bond donors (Lipinski definition) is 1. The Kier molecular flexibility index (Phi) is 5.50. The van der Waals surface area contributed by atoms with Gasteiger partial charge in [-0.1, -0.05) is 20.8 Å². The second kappa shape index (κ2) is 6.91. The van der Waals surface area contributed by atoms with Crippen LogP contribution < -0.4 is 5.32 Å². The van der Waals surface area contributed by atoms with Crippen LogP contribution >= 0.6 is 0 Å². The Balaban J connectivity index is 1.70. The topological polar surface area (TPSA) is 15.3 Å². The van der Waals surface area contributed by atoms with Gasteiger partial charge >= 0.3 is 0 Å². The van der Waals surface area contributed by atoms with E-state index in [0.717, 1.165) is 23.9 Å². The first-order chi connectivity index (χ1) is 8.70. The van der Waals surface area contributed by atoms with Crippen LogP contribution in [0.25, 0.3) is 0 Å². The molecule has 2 rings (SSSR count). The molecule has 1 atom stereocenters. The summed E-state index contributed by atoms with van der Waals surface area (Å²) in [6.45, 7) is 11.0. The molecule has 0 aromatic rings. The highest BCUT2D eigenvalue weighted by Crippen LogP contribution is 2.30. The fraction of sp³-hybridized carbons (Fsp3) is 1.00. The van der Waals surface area contributed by atoms with Crippen LogP contribution in [0.15, 0.2) is 0 Å². The molecule has 2 aliphatic rings. The maximum atomic E-state index is 3.69. The van der Waals surface area contributed by atoms with Crippen molar-refractivity contribution in [2.45, 2.75) is 71.4 Å². The van der Waals surface area contributed by atoms with Gasteiger partial charge in [0.15, 0.2) is 0 Å². The number of nitrogens with zero attached hydrogens (tertiary/aromatic N) is 1. The highest BCUT2D eigenvalue weighted by atomic mass is 15.2. The smallest absolute Gasteiger partial charge is 0.00965 e. The molecule has 2 fully saturated rings. The van der Waals surface area contributed by atoms with E-state index in [4.69, 9.17) is 0 Å². The van der Waals surface area contributed by atoms with Crippen LogP contribution in [0.1, 0.15) is 59.3 Å². The molecular formula is C16H32N2. The molecule has 0 aromatic carbocycles. The molecule has 0 radical (unpaired) electrons. The molecule has 106 valence electrons.